The van der Waals surface area contributed by atoms with Crippen LogP contribution < -0.4 is 0 Å². The van der Waals surface area contributed by atoms with Crippen molar-refractivity contribution in [1.82, 2.24) is 4.98 Å². The fourth-order valence-electron chi connectivity index (χ4n) is 0.313. The number of pyridine rings is 1. The van der Waals surface area contributed by atoms with E-state index in [-0.39, 0.29) is 5.48 Å². The van der Waals surface area contributed by atoms with Crippen molar-refractivity contribution in [2.45, 2.75) is 13.3 Å². The molecule has 0 saturated carbocycles. The molecular formula is C8H15NO2. The van der Waals surface area contributed by atoms with Gasteiger partial charge in [0.05, 0.1) is 0 Å². The van der Waals surface area contributed by atoms with Crippen LogP contribution >= 0.6 is 0 Å². The quantitative estimate of drug-likeness (QED) is 0.650. The van der Waals surface area contributed by atoms with E-state index in [0.29, 0.717) is 6.61 Å². The van der Waals surface area contributed by atoms with Crippen LogP contribution in [0.15, 0.2) is 30.6 Å². The highest BCUT2D eigenvalue weighted by molar-refractivity contribution is 4.88. The predicted molar refractivity (Wildman–Crippen MR) is 45.2 cm³/mol. The summed E-state index contributed by atoms with van der Waals surface area (Å²) < 4.78 is 0. The van der Waals surface area contributed by atoms with Gasteiger partial charge in [-0.05, 0) is 18.6 Å². The molecule has 3 N–H and O–H groups in total. The van der Waals surface area contributed by atoms with Gasteiger partial charge < -0.3 is 10.6 Å². The molecule has 11 heavy (non-hydrogen) atoms. The van der Waals surface area contributed by atoms with Crippen molar-refractivity contribution in [3.63, 3.8) is 0 Å². The molecule has 0 aliphatic heterocycles. The van der Waals surface area contributed by atoms with E-state index in [9.17, 15) is 0 Å². The maximum atomic E-state index is 7.88. The van der Waals surface area contributed by atoms with Crippen LogP contribution in [0.2, 0.25) is 0 Å². The van der Waals surface area contributed by atoms with Gasteiger partial charge in [0.2, 0.25) is 0 Å². The number of aliphatic hydroxyl groups excluding tert-OH is 1. The molecule has 0 aromatic carbocycles. The van der Waals surface area contributed by atoms with E-state index in [0.717, 1.165) is 6.42 Å². The molecule has 0 aliphatic rings. The molecule has 0 atom stereocenters. The Morgan fingerprint density at radius 3 is 1.73 bits per heavy atom. The number of aromatic nitrogens is 1. The largest absolute Gasteiger partial charge is 0.412 e. The van der Waals surface area contributed by atoms with Gasteiger partial charge in [-0.25, -0.2) is 0 Å². The van der Waals surface area contributed by atoms with Gasteiger partial charge in [-0.3, -0.25) is 4.98 Å². The number of rotatable bonds is 1. The molecule has 1 heterocycles. The summed E-state index contributed by atoms with van der Waals surface area (Å²) in [6, 6.07) is 5.72. The van der Waals surface area contributed by atoms with Crippen molar-refractivity contribution in [2.24, 2.45) is 0 Å². The first-order valence-corrected chi connectivity index (χ1v) is 3.37. The lowest BCUT2D eigenvalue weighted by molar-refractivity contribution is 0.295. The summed E-state index contributed by atoms with van der Waals surface area (Å²) in [5.41, 5.74) is 0. The lowest BCUT2D eigenvalue weighted by atomic mass is 10.5. The maximum absolute atomic E-state index is 7.88. The number of nitrogens with zero attached hydrogens (tertiary/aromatic N) is 1. The fraction of sp³-hybridized carbons (Fsp3) is 0.375. The molecule has 1 aromatic rings. The Kier molecular flexibility index (Phi) is 13.7. The van der Waals surface area contributed by atoms with Gasteiger partial charge in [0.1, 0.15) is 0 Å². The van der Waals surface area contributed by atoms with Crippen LogP contribution in [0.3, 0.4) is 0 Å². The summed E-state index contributed by atoms with van der Waals surface area (Å²) in [7, 11) is 0. The van der Waals surface area contributed by atoms with Crippen LogP contribution in [-0.4, -0.2) is 22.2 Å². The summed E-state index contributed by atoms with van der Waals surface area (Å²) in [5, 5.41) is 7.88. The van der Waals surface area contributed by atoms with Gasteiger partial charge in [-0.1, -0.05) is 13.0 Å². The topological polar surface area (TPSA) is 64.6 Å². The average molecular weight is 157 g/mol. The predicted octanol–water partition coefficient (Wildman–Crippen LogP) is 0.646. The summed E-state index contributed by atoms with van der Waals surface area (Å²) in [6.45, 7) is 2.25. The first-order valence-electron chi connectivity index (χ1n) is 3.37. The minimum atomic E-state index is 0. The lowest BCUT2D eigenvalue weighted by Crippen LogP contribution is -1.69. The number of hydrogen-bond donors (Lipinski definition) is 1. The second-order valence-corrected chi connectivity index (χ2v) is 1.75. The first-order chi connectivity index (χ1) is 4.91. The van der Waals surface area contributed by atoms with E-state index in [1.165, 1.54) is 0 Å². The fourth-order valence-corrected chi connectivity index (χ4v) is 0.313. The van der Waals surface area contributed by atoms with Crippen molar-refractivity contribution in [3.8, 4) is 0 Å². The van der Waals surface area contributed by atoms with E-state index < -0.39 is 0 Å². The number of aliphatic hydroxyl groups is 1. The molecule has 0 amide bonds. The summed E-state index contributed by atoms with van der Waals surface area (Å²) in [6.07, 6.45) is 4.38. The van der Waals surface area contributed by atoms with Gasteiger partial charge >= 0.3 is 0 Å². The van der Waals surface area contributed by atoms with Gasteiger partial charge in [-0.2, -0.15) is 0 Å². The smallest absolute Gasteiger partial charge is 0.0428 e. The average Bonchev–Trinajstić information content (AvgIpc) is 2.08. The normalized spacial score (nSPS) is 7.09. The standard InChI is InChI=1S/C5H5N.C3H8O.H2O/c1-2-4-6-5-3-1;1-2-3-4;/h1-5H;4H,2-3H2,1H3;1H2. The zero-order chi connectivity index (χ0) is 7.66. The number of hydrogen-bond acceptors (Lipinski definition) is 2. The molecule has 1 aromatic heterocycles. The Morgan fingerprint density at radius 2 is 1.64 bits per heavy atom. The van der Waals surface area contributed by atoms with E-state index in [1.54, 1.807) is 12.4 Å². The van der Waals surface area contributed by atoms with E-state index in [4.69, 9.17) is 5.11 Å². The first kappa shape index (κ1) is 12.7. The molecule has 3 nitrogen and oxygen atoms in total. The Hall–Kier alpha value is -0.930. The molecular weight excluding hydrogens is 142 g/mol. The van der Waals surface area contributed by atoms with E-state index >= 15 is 0 Å². The highest BCUT2D eigenvalue weighted by Crippen LogP contribution is 1.73. The molecule has 0 radical (unpaired) electrons. The highest BCUT2D eigenvalue weighted by Gasteiger charge is 1.58. The second-order valence-electron chi connectivity index (χ2n) is 1.75. The second kappa shape index (κ2) is 11.8. The summed E-state index contributed by atoms with van der Waals surface area (Å²) >= 11 is 0. The molecule has 0 saturated heterocycles. The van der Waals surface area contributed by atoms with Crippen molar-refractivity contribution in [2.75, 3.05) is 6.61 Å². The third-order valence-electron chi connectivity index (χ3n) is 0.790. The van der Waals surface area contributed by atoms with Crippen LogP contribution in [0.25, 0.3) is 0 Å². The van der Waals surface area contributed by atoms with Gasteiger partial charge in [0, 0.05) is 19.0 Å². The molecule has 0 spiro atoms. The van der Waals surface area contributed by atoms with Crippen LogP contribution in [-0.2, 0) is 0 Å². The summed E-state index contributed by atoms with van der Waals surface area (Å²) in [5.74, 6) is 0. The Balaban J connectivity index is 0. The van der Waals surface area contributed by atoms with E-state index in [2.05, 4.69) is 4.98 Å². The lowest BCUT2D eigenvalue weighted by Gasteiger charge is -1.70. The highest BCUT2D eigenvalue weighted by atomic mass is 16.2. The van der Waals surface area contributed by atoms with Crippen molar-refractivity contribution >= 4 is 0 Å². The third kappa shape index (κ3) is 12.3. The molecule has 0 bridgehead atoms. The van der Waals surface area contributed by atoms with Gasteiger partial charge in [-0.15, -0.1) is 0 Å². The maximum Gasteiger partial charge on any atom is 0.0428 e. The molecule has 64 valence electrons. The minimum absolute atomic E-state index is 0. The van der Waals surface area contributed by atoms with E-state index in [1.807, 2.05) is 25.1 Å². The third-order valence-corrected chi connectivity index (χ3v) is 0.790. The van der Waals surface area contributed by atoms with Gasteiger partial charge in [0.15, 0.2) is 0 Å². The molecule has 0 fully saturated rings. The van der Waals surface area contributed by atoms with Crippen molar-refractivity contribution in [3.05, 3.63) is 30.6 Å². The molecule has 0 aliphatic carbocycles. The van der Waals surface area contributed by atoms with Gasteiger partial charge in [0.25, 0.3) is 0 Å². The Morgan fingerprint density at radius 1 is 1.18 bits per heavy atom. The minimum Gasteiger partial charge on any atom is -0.412 e. The zero-order valence-electron chi connectivity index (χ0n) is 6.70. The monoisotopic (exact) mass is 157 g/mol. The van der Waals surface area contributed by atoms with Crippen molar-refractivity contribution < 1.29 is 10.6 Å². The summed E-state index contributed by atoms with van der Waals surface area (Å²) in [4.78, 5) is 3.78. The van der Waals surface area contributed by atoms with Crippen LogP contribution in [0.5, 0.6) is 0 Å². The molecule has 0 unspecified atom stereocenters. The Labute approximate surface area is 67.0 Å². The van der Waals surface area contributed by atoms with Crippen LogP contribution in [0, 0.1) is 0 Å². The zero-order valence-corrected chi connectivity index (χ0v) is 6.70. The van der Waals surface area contributed by atoms with Crippen molar-refractivity contribution in [1.29, 1.82) is 0 Å². The van der Waals surface area contributed by atoms with Crippen LogP contribution in [0.4, 0.5) is 0 Å². The van der Waals surface area contributed by atoms with Crippen LogP contribution in [0.1, 0.15) is 13.3 Å². The molecule has 1 rings (SSSR count). The molecule has 3 heteroatoms. The SMILES string of the molecule is CCCO.O.c1ccncc1. The Bertz CT molecular complexity index is 104.